The molecule has 1 aliphatic rings. The highest BCUT2D eigenvalue weighted by Gasteiger charge is 2.27. The zero-order valence-corrected chi connectivity index (χ0v) is 21.4. The number of hydrogen-bond acceptors (Lipinski definition) is 4. The summed E-state index contributed by atoms with van der Waals surface area (Å²) in [4.78, 5) is 14.0. The second kappa shape index (κ2) is 11.1. The summed E-state index contributed by atoms with van der Waals surface area (Å²) >= 11 is 9.87. The summed E-state index contributed by atoms with van der Waals surface area (Å²) in [6.45, 7) is 7.11. The van der Waals surface area contributed by atoms with Gasteiger partial charge in [0, 0.05) is 36.6 Å². The summed E-state index contributed by atoms with van der Waals surface area (Å²) in [6, 6.07) is 12.9. The molecule has 0 radical (unpaired) electrons. The van der Waals surface area contributed by atoms with Gasteiger partial charge in [0.15, 0.2) is 0 Å². The summed E-state index contributed by atoms with van der Waals surface area (Å²) < 4.78 is 30.5. The van der Waals surface area contributed by atoms with Crippen molar-refractivity contribution in [1.29, 1.82) is 0 Å². The molecule has 1 atom stereocenters. The predicted octanol–water partition coefficient (Wildman–Crippen LogP) is 5.95. The van der Waals surface area contributed by atoms with Crippen molar-refractivity contribution in [2.75, 3.05) is 23.9 Å². The zero-order chi connectivity index (χ0) is 24.2. The van der Waals surface area contributed by atoms with Crippen LogP contribution in [0.15, 0.2) is 42.5 Å². The average molecular weight is 512 g/mol. The van der Waals surface area contributed by atoms with Crippen molar-refractivity contribution in [3.8, 4) is 0 Å². The summed E-state index contributed by atoms with van der Waals surface area (Å²) in [7, 11) is 0. The molecular formula is C24H29Cl2N2O4S-. The van der Waals surface area contributed by atoms with Crippen LogP contribution in [-0.4, -0.2) is 45.0 Å². The van der Waals surface area contributed by atoms with Crippen molar-refractivity contribution in [2.45, 2.75) is 51.6 Å². The van der Waals surface area contributed by atoms with Gasteiger partial charge in [-0.2, -0.15) is 0 Å². The van der Waals surface area contributed by atoms with Gasteiger partial charge in [0.2, 0.25) is 0 Å². The number of rotatable bonds is 6. The molecular weight excluding hydrogens is 483 g/mol. The molecule has 0 spiro atoms. The highest BCUT2D eigenvalue weighted by atomic mass is 35.5. The van der Waals surface area contributed by atoms with Gasteiger partial charge in [-0.15, -0.1) is 0 Å². The molecule has 1 aliphatic heterocycles. The number of piperidine rings is 1. The van der Waals surface area contributed by atoms with Gasteiger partial charge in [-0.1, -0.05) is 47.5 Å². The van der Waals surface area contributed by atoms with E-state index in [1.807, 2.05) is 51.1 Å². The fourth-order valence-electron chi connectivity index (χ4n) is 3.89. The summed E-state index contributed by atoms with van der Waals surface area (Å²) in [5.41, 5.74) is 2.02. The van der Waals surface area contributed by atoms with Crippen LogP contribution < -0.4 is 4.31 Å². The Kier molecular flexibility index (Phi) is 8.67. The van der Waals surface area contributed by atoms with Crippen LogP contribution in [-0.2, 0) is 22.4 Å². The van der Waals surface area contributed by atoms with E-state index < -0.39 is 16.9 Å². The minimum atomic E-state index is -2.42. The lowest BCUT2D eigenvalue weighted by Gasteiger charge is -2.34. The Morgan fingerprint density at radius 2 is 1.79 bits per heavy atom. The first kappa shape index (κ1) is 25.8. The Morgan fingerprint density at radius 3 is 2.36 bits per heavy atom. The van der Waals surface area contributed by atoms with Crippen LogP contribution in [0.2, 0.25) is 10.0 Å². The SMILES string of the molecule is CC(C)(C)OC(=O)N1CCC(c2ccc(N(CCc3cccc(Cl)c3Cl)S(=O)[O-])cc2)CC1. The molecule has 180 valence electrons. The predicted molar refractivity (Wildman–Crippen MR) is 133 cm³/mol. The molecule has 0 aliphatic carbocycles. The second-order valence-electron chi connectivity index (χ2n) is 9.12. The van der Waals surface area contributed by atoms with Gasteiger partial charge in [-0.25, -0.2) is 4.79 Å². The van der Waals surface area contributed by atoms with Crippen molar-refractivity contribution < 1.29 is 18.3 Å². The van der Waals surface area contributed by atoms with Crippen LogP contribution in [0.4, 0.5) is 10.5 Å². The van der Waals surface area contributed by atoms with Gasteiger partial charge in [0.05, 0.1) is 10.0 Å². The van der Waals surface area contributed by atoms with E-state index in [1.165, 1.54) is 4.31 Å². The topological polar surface area (TPSA) is 72.9 Å². The molecule has 0 bridgehead atoms. The van der Waals surface area contributed by atoms with Gasteiger partial charge < -0.3 is 18.5 Å². The third-order valence-electron chi connectivity index (χ3n) is 5.59. The third kappa shape index (κ3) is 7.09. The van der Waals surface area contributed by atoms with Crippen LogP contribution in [0.1, 0.15) is 50.7 Å². The second-order valence-corrected chi connectivity index (χ2v) is 10.8. The van der Waals surface area contributed by atoms with E-state index in [4.69, 9.17) is 27.9 Å². The summed E-state index contributed by atoms with van der Waals surface area (Å²) in [5, 5.41) is 0.898. The highest BCUT2D eigenvalue weighted by Crippen LogP contribution is 2.31. The molecule has 0 N–H and O–H groups in total. The molecule has 6 nitrogen and oxygen atoms in total. The number of amides is 1. The Balaban J connectivity index is 1.60. The van der Waals surface area contributed by atoms with Crippen LogP contribution in [0.3, 0.4) is 0 Å². The first-order valence-corrected chi connectivity index (χ1v) is 12.7. The van der Waals surface area contributed by atoms with Crippen LogP contribution in [0, 0.1) is 0 Å². The number of carbonyl (C=O) groups excluding carboxylic acids is 1. The number of likely N-dealkylation sites (tertiary alicyclic amines) is 1. The van der Waals surface area contributed by atoms with Gasteiger partial charge in [-0.05, 0) is 75.3 Å². The number of carbonyl (C=O) groups is 1. The van der Waals surface area contributed by atoms with Gasteiger partial charge >= 0.3 is 6.09 Å². The minimum Gasteiger partial charge on any atom is -0.755 e. The molecule has 0 saturated carbocycles. The van der Waals surface area contributed by atoms with Crippen molar-refractivity contribution in [3.63, 3.8) is 0 Å². The Bertz CT molecular complexity index is 987. The Labute approximate surface area is 208 Å². The van der Waals surface area contributed by atoms with E-state index in [1.54, 1.807) is 17.0 Å². The van der Waals surface area contributed by atoms with Crippen molar-refractivity contribution in [3.05, 3.63) is 63.6 Å². The molecule has 0 aromatic heterocycles. The van der Waals surface area contributed by atoms with E-state index in [9.17, 15) is 13.6 Å². The number of benzene rings is 2. The molecule has 2 aromatic carbocycles. The lowest BCUT2D eigenvalue weighted by molar-refractivity contribution is 0.0205. The molecule has 1 unspecified atom stereocenters. The van der Waals surface area contributed by atoms with E-state index in [2.05, 4.69) is 0 Å². The average Bonchev–Trinajstić information content (AvgIpc) is 2.76. The maximum Gasteiger partial charge on any atom is 0.410 e. The number of ether oxygens (including phenoxy) is 1. The van der Waals surface area contributed by atoms with Crippen LogP contribution >= 0.6 is 23.2 Å². The molecule has 3 rings (SSSR count). The van der Waals surface area contributed by atoms with Crippen LogP contribution in [0.5, 0.6) is 0 Å². The van der Waals surface area contributed by atoms with Gasteiger partial charge in [0.1, 0.15) is 5.60 Å². The maximum atomic E-state index is 12.3. The zero-order valence-electron chi connectivity index (χ0n) is 19.1. The molecule has 1 fully saturated rings. The molecule has 9 heteroatoms. The van der Waals surface area contributed by atoms with E-state index in [0.29, 0.717) is 41.2 Å². The monoisotopic (exact) mass is 511 g/mol. The molecule has 1 saturated heterocycles. The Morgan fingerprint density at radius 1 is 1.15 bits per heavy atom. The summed E-state index contributed by atoms with van der Waals surface area (Å²) in [6.07, 6.45) is 1.84. The molecule has 1 amide bonds. The van der Waals surface area contributed by atoms with Gasteiger partial charge in [0.25, 0.3) is 0 Å². The lowest BCUT2D eigenvalue weighted by atomic mass is 9.89. The first-order valence-electron chi connectivity index (χ1n) is 10.9. The highest BCUT2D eigenvalue weighted by molar-refractivity contribution is 7.80. The minimum absolute atomic E-state index is 0.254. The fraction of sp³-hybridized carbons (Fsp3) is 0.458. The Hall–Kier alpha value is -1.80. The number of nitrogens with zero attached hydrogens (tertiary/aromatic N) is 2. The molecule has 2 aromatic rings. The third-order valence-corrected chi connectivity index (χ3v) is 7.21. The normalized spacial score (nSPS) is 15.9. The van der Waals surface area contributed by atoms with Crippen molar-refractivity contribution in [2.24, 2.45) is 0 Å². The fourth-order valence-corrected chi connectivity index (χ4v) is 4.84. The van der Waals surface area contributed by atoms with Gasteiger partial charge in [-0.3, -0.25) is 4.21 Å². The van der Waals surface area contributed by atoms with Crippen molar-refractivity contribution in [1.82, 2.24) is 4.90 Å². The number of halogens is 2. The standard InChI is InChI=1S/C24H30Cl2N2O4S/c1-24(2,3)32-23(29)27-14-11-18(12-15-27)17-7-9-20(10-8-17)28(33(30)31)16-13-19-5-4-6-21(25)22(19)26/h4-10,18H,11-16H2,1-3H3,(H,30,31)/p-1. The molecule has 1 heterocycles. The molecule has 33 heavy (non-hydrogen) atoms. The maximum absolute atomic E-state index is 12.3. The first-order chi connectivity index (χ1) is 15.5. The smallest absolute Gasteiger partial charge is 0.410 e. The van der Waals surface area contributed by atoms with E-state index >= 15 is 0 Å². The van der Waals surface area contributed by atoms with Crippen molar-refractivity contribution >= 4 is 46.2 Å². The van der Waals surface area contributed by atoms with Crippen LogP contribution in [0.25, 0.3) is 0 Å². The largest absolute Gasteiger partial charge is 0.755 e. The number of hydrogen-bond donors (Lipinski definition) is 0. The van der Waals surface area contributed by atoms with E-state index in [-0.39, 0.29) is 12.6 Å². The lowest BCUT2D eigenvalue weighted by Crippen LogP contribution is -2.41. The number of anilines is 1. The van der Waals surface area contributed by atoms with E-state index in [0.717, 1.165) is 24.0 Å². The quantitative estimate of drug-likeness (QED) is 0.449. The summed E-state index contributed by atoms with van der Waals surface area (Å²) in [5.74, 6) is 0.314.